The van der Waals surface area contributed by atoms with Gasteiger partial charge in [-0.05, 0) is 35.1 Å². The number of urea groups is 1. The maximum atomic E-state index is 13.0. The van der Waals surface area contributed by atoms with Crippen molar-refractivity contribution in [3.05, 3.63) is 64.4 Å². The van der Waals surface area contributed by atoms with Crippen molar-refractivity contribution in [2.24, 2.45) is 0 Å². The summed E-state index contributed by atoms with van der Waals surface area (Å²) >= 11 is 5.78. The number of pyridine rings is 1. The summed E-state index contributed by atoms with van der Waals surface area (Å²) in [6.45, 7) is 8.29. The van der Waals surface area contributed by atoms with Gasteiger partial charge in [0.05, 0.1) is 6.54 Å². The van der Waals surface area contributed by atoms with Crippen LogP contribution in [0.4, 0.5) is 4.79 Å². The molecule has 3 rings (SSSR count). The fourth-order valence-electron chi connectivity index (χ4n) is 3.02. The number of nitrogens with one attached hydrogen (secondary N) is 1. The molecule has 1 aliphatic rings. The lowest BCUT2D eigenvalue weighted by atomic mass is 9.84. The first kappa shape index (κ1) is 18.4. The zero-order valence-electron chi connectivity index (χ0n) is 15.3. The maximum Gasteiger partial charge on any atom is 0.325 e. The molecule has 5 nitrogen and oxygen atoms in total. The van der Waals surface area contributed by atoms with Crippen LogP contribution in [0.2, 0.25) is 5.15 Å². The standard InChI is InChI=1S/C20H22ClN3O2/c1-19(2,3)14-6-8-15(9-7-14)20(4)17(25)24(18(26)23-20)12-13-5-10-16(21)22-11-13/h5-11H,12H2,1-4H3,(H,23,26). The van der Waals surface area contributed by atoms with Gasteiger partial charge in [-0.3, -0.25) is 9.69 Å². The Labute approximate surface area is 158 Å². The van der Waals surface area contributed by atoms with Gasteiger partial charge in [-0.15, -0.1) is 0 Å². The van der Waals surface area contributed by atoms with Crippen LogP contribution in [0.1, 0.15) is 44.4 Å². The van der Waals surface area contributed by atoms with Crippen LogP contribution < -0.4 is 5.32 Å². The van der Waals surface area contributed by atoms with Crippen molar-refractivity contribution in [3.8, 4) is 0 Å². The highest BCUT2D eigenvalue weighted by Crippen LogP contribution is 2.31. The van der Waals surface area contributed by atoms with Crippen molar-refractivity contribution in [3.63, 3.8) is 0 Å². The predicted molar refractivity (Wildman–Crippen MR) is 101 cm³/mol. The lowest BCUT2D eigenvalue weighted by Crippen LogP contribution is -2.40. The molecule has 0 spiro atoms. The van der Waals surface area contributed by atoms with E-state index in [1.165, 1.54) is 10.5 Å². The molecule has 1 aromatic carbocycles. The Kier molecular flexibility index (Phi) is 4.53. The molecule has 1 saturated heterocycles. The summed E-state index contributed by atoms with van der Waals surface area (Å²) in [7, 11) is 0. The Morgan fingerprint density at radius 1 is 1.12 bits per heavy atom. The molecule has 2 aromatic rings. The number of benzene rings is 1. The highest BCUT2D eigenvalue weighted by atomic mass is 35.5. The second-order valence-electron chi connectivity index (χ2n) is 7.76. The highest BCUT2D eigenvalue weighted by Gasteiger charge is 2.48. The minimum Gasteiger partial charge on any atom is -0.319 e. The van der Waals surface area contributed by atoms with E-state index in [0.29, 0.717) is 5.15 Å². The molecule has 136 valence electrons. The predicted octanol–water partition coefficient (Wildman–Crippen LogP) is 4.00. The lowest BCUT2D eigenvalue weighted by molar-refractivity contribution is -0.131. The van der Waals surface area contributed by atoms with Gasteiger partial charge in [-0.25, -0.2) is 9.78 Å². The van der Waals surface area contributed by atoms with Crippen LogP contribution >= 0.6 is 11.6 Å². The molecule has 1 atom stereocenters. The summed E-state index contributed by atoms with van der Waals surface area (Å²) in [6, 6.07) is 10.8. The van der Waals surface area contributed by atoms with Crippen molar-refractivity contribution in [1.29, 1.82) is 0 Å². The quantitative estimate of drug-likeness (QED) is 0.655. The number of hydrogen-bond acceptors (Lipinski definition) is 3. The van der Waals surface area contributed by atoms with E-state index in [0.717, 1.165) is 11.1 Å². The zero-order chi connectivity index (χ0) is 19.1. The van der Waals surface area contributed by atoms with Crippen LogP contribution in [0.15, 0.2) is 42.6 Å². The molecule has 1 fully saturated rings. The topological polar surface area (TPSA) is 62.3 Å². The van der Waals surface area contributed by atoms with Crippen molar-refractivity contribution < 1.29 is 9.59 Å². The molecule has 26 heavy (non-hydrogen) atoms. The van der Waals surface area contributed by atoms with Crippen molar-refractivity contribution in [2.45, 2.75) is 45.2 Å². The number of rotatable bonds is 3. The summed E-state index contributed by atoms with van der Waals surface area (Å²) in [6.07, 6.45) is 1.57. The van der Waals surface area contributed by atoms with Gasteiger partial charge in [-0.1, -0.05) is 62.7 Å². The number of aromatic nitrogens is 1. The van der Waals surface area contributed by atoms with Gasteiger partial charge in [-0.2, -0.15) is 0 Å². The Balaban J connectivity index is 1.85. The molecular formula is C20H22ClN3O2. The first-order chi connectivity index (χ1) is 12.1. The third kappa shape index (κ3) is 3.31. The van der Waals surface area contributed by atoms with E-state index in [-0.39, 0.29) is 17.9 Å². The maximum absolute atomic E-state index is 13.0. The average molecular weight is 372 g/mol. The van der Waals surface area contributed by atoms with Crippen LogP contribution in [0.3, 0.4) is 0 Å². The van der Waals surface area contributed by atoms with E-state index in [4.69, 9.17) is 11.6 Å². The van der Waals surface area contributed by atoms with Crippen LogP contribution in [0, 0.1) is 0 Å². The van der Waals surface area contributed by atoms with E-state index < -0.39 is 11.6 Å². The van der Waals surface area contributed by atoms with Gasteiger partial charge in [0.25, 0.3) is 5.91 Å². The Hall–Kier alpha value is -2.40. The van der Waals surface area contributed by atoms with E-state index >= 15 is 0 Å². The summed E-state index contributed by atoms with van der Waals surface area (Å²) in [4.78, 5) is 30.6. The molecule has 1 unspecified atom stereocenters. The molecule has 0 aliphatic carbocycles. The number of halogens is 1. The number of nitrogens with zero attached hydrogens (tertiary/aromatic N) is 2. The second kappa shape index (κ2) is 6.40. The molecule has 0 saturated carbocycles. The largest absolute Gasteiger partial charge is 0.325 e. The second-order valence-corrected chi connectivity index (χ2v) is 8.15. The normalized spacial score (nSPS) is 20.4. The SMILES string of the molecule is CC(C)(C)c1ccc(C2(C)NC(=O)N(Cc3ccc(Cl)nc3)C2=O)cc1. The third-order valence-electron chi connectivity index (χ3n) is 4.73. The van der Waals surface area contributed by atoms with E-state index in [1.807, 2.05) is 24.3 Å². The number of hydrogen-bond donors (Lipinski definition) is 1. The van der Waals surface area contributed by atoms with Crippen LogP contribution in [0.25, 0.3) is 0 Å². The zero-order valence-corrected chi connectivity index (χ0v) is 16.1. The van der Waals surface area contributed by atoms with Crippen LogP contribution in [0.5, 0.6) is 0 Å². The van der Waals surface area contributed by atoms with Crippen molar-refractivity contribution in [1.82, 2.24) is 15.2 Å². The van der Waals surface area contributed by atoms with Gasteiger partial charge in [0.15, 0.2) is 0 Å². The Morgan fingerprint density at radius 2 is 1.77 bits per heavy atom. The molecule has 6 heteroatoms. The molecule has 3 amide bonds. The summed E-state index contributed by atoms with van der Waals surface area (Å²) in [5.41, 5.74) is 1.63. The molecule has 0 bridgehead atoms. The summed E-state index contributed by atoms with van der Waals surface area (Å²) < 4.78 is 0. The van der Waals surface area contributed by atoms with Crippen LogP contribution in [-0.4, -0.2) is 21.8 Å². The van der Waals surface area contributed by atoms with E-state index in [9.17, 15) is 9.59 Å². The van der Waals surface area contributed by atoms with Crippen molar-refractivity contribution >= 4 is 23.5 Å². The fraction of sp³-hybridized carbons (Fsp3) is 0.350. The Morgan fingerprint density at radius 3 is 2.31 bits per heavy atom. The van der Waals surface area contributed by atoms with Gasteiger partial charge < -0.3 is 5.32 Å². The summed E-state index contributed by atoms with van der Waals surface area (Å²) in [5, 5.41) is 3.20. The molecule has 1 aliphatic heterocycles. The molecular weight excluding hydrogens is 350 g/mol. The molecule has 1 N–H and O–H groups in total. The molecule has 0 radical (unpaired) electrons. The number of carbonyl (C=O) groups is 2. The summed E-state index contributed by atoms with van der Waals surface area (Å²) in [5.74, 6) is -0.277. The first-order valence-electron chi connectivity index (χ1n) is 8.47. The van der Waals surface area contributed by atoms with Gasteiger partial charge >= 0.3 is 6.03 Å². The number of imide groups is 1. The first-order valence-corrected chi connectivity index (χ1v) is 8.84. The van der Waals surface area contributed by atoms with E-state index in [1.54, 1.807) is 25.3 Å². The fourth-order valence-corrected chi connectivity index (χ4v) is 3.13. The van der Waals surface area contributed by atoms with Gasteiger partial charge in [0, 0.05) is 6.20 Å². The lowest BCUT2D eigenvalue weighted by Gasteiger charge is -2.24. The molecule has 2 heterocycles. The highest BCUT2D eigenvalue weighted by molar-refractivity contribution is 6.29. The van der Waals surface area contributed by atoms with E-state index in [2.05, 4.69) is 31.1 Å². The minimum absolute atomic E-state index is 0.0238. The third-order valence-corrected chi connectivity index (χ3v) is 4.96. The molecule has 1 aromatic heterocycles. The van der Waals surface area contributed by atoms with Crippen LogP contribution in [-0.2, 0) is 22.3 Å². The average Bonchev–Trinajstić information content (AvgIpc) is 2.80. The number of carbonyl (C=O) groups excluding carboxylic acids is 2. The smallest absolute Gasteiger partial charge is 0.319 e. The van der Waals surface area contributed by atoms with Gasteiger partial charge in [0.2, 0.25) is 0 Å². The van der Waals surface area contributed by atoms with Gasteiger partial charge in [0.1, 0.15) is 10.7 Å². The minimum atomic E-state index is -1.08. The number of amides is 3. The Bertz CT molecular complexity index is 841. The van der Waals surface area contributed by atoms with Crippen molar-refractivity contribution in [2.75, 3.05) is 0 Å². The monoisotopic (exact) mass is 371 g/mol.